The molecule has 0 unspecified atom stereocenters. The van der Waals surface area contributed by atoms with Crippen molar-refractivity contribution < 1.29 is 0 Å². The molecule has 0 saturated carbocycles. The van der Waals surface area contributed by atoms with E-state index in [2.05, 4.69) is 57.7 Å². The number of nitriles is 1. The van der Waals surface area contributed by atoms with Crippen molar-refractivity contribution in [3.05, 3.63) is 42.0 Å². The SMILES string of the molecule is CC(C)(C)c1cc(N2CCN(c3ncccc3C#N)CC2)ncn1. The van der Waals surface area contributed by atoms with Crippen LogP contribution in [0.2, 0.25) is 0 Å². The number of pyridine rings is 1. The van der Waals surface area contributed by atoms with E-state index in [4.69, 9.17) is 0 Å². The van der Waals surface area contributed by atoms with E-state index in [0.29, 0.717) is 5.56 Å². The third kappa shape index (κ3) is 3.30. The topological polar surface area (TPSA) is 68.9 Å². The molecule has 24 heavy (non-hydrogen) atoms. The zero-order chi connectivity index (χ0) is 17.2. The number of hydrogen-bond acceptors (Lipinski definition) is 6. The highest BCUT2D eigenvalue weighted by atomic mass is 15.3. The van der Waals surface area contributed by atoms with E-state index in [1.54, 1.807) is 18.6 Å². The molecule has 0 aromatic carbocycles. The van der Waals surface area contributed by atoms with Gasteiger partial charge in [-0.3, -0.25) is 0 Å². The zero-order valence-corrected chi connectivity index (χ0v) is 14.4. The van der Waals surface area contributed by atoms with Crippen LogP contribution < -0.4 is 9.80 Å². The van der Waals surface area contributed by atoms with Gasteiger partial charge in [0, 0.05) is 43.9 Å². The van der Waals surface area contributed by atoms with Crippen LogP contribution in [0.3, 0.4) is 0 Å². The van der Waals surface area contributed by atoms with Crippen LogP contribution in [0.4, 0.5) is 11.6 Å². The van der Waals surface area contributed by atoms with Gasteiger partial charge >= 0.3 is 0 Å². The summed E-state index contributed by atoms with van der Waals surface area (Å²) in [6.07, 6.45) is 3.39. The van der Waals surface area contributed by atoms with Gasteiger partial charge in [0.25, 0.3) is 0 Å². The molecule has 3 rings (SSSR count). The lowest BCUT2D eigenvalue weighted by Gasteiger charge is -2.36. The second-order valence-corrected chi connectivity index (χ2v) is 6.97. The fourth-order valence-corrected chi connectivity index (χ4v) is 2.81. The minimum absolute atomic E-state index is 0.00909. The first-order valence-corrected chi connectivity index (χ1v) is 8.16. The van der Waals surface area contributed by atoms with Crippen LogP contribution in [0.1, 0.15) is 32.0 Å². The molecular formula is C18H22N6. The van der Waals surface area contributed by atoms with Crippen molar-refractivity contribution >= 4 is 11.6 Å². The number of rotatable bonds is 2. The largest absolute Gasteiger partial charge is 0.353 e. The lowest BCUT2D eigenvalue weighted by molar-refractivity contribution is 0.564. The van der Waals surface area contributed by atoms with Gasteiger partial charge in [-0.15, -0.1) is 0 Å². The number of nitrogens with zero attached hydrogens (tertiary/aromatic N) is 6. The van der Waals surface area contributed by atoms with Gasteiger partial charge in [-0.1, -0.05) is 20.8 Å². The van der Waals surface area contributed by atoms with E-state index in [-0.39, 0.29) is 5.41 Å². The van der Waals surface area contributed by atoms with Crippen LogP contribution in [0, 0.1) is 11.3 Å². The van der Waals surface area contributed by atoms with Crippen LogP contribution in [0.25, 0.3) is 0 Å². The van der Waals surface area contributed by atoms with E-state index in [1.807, 2.05) is 6.07 Å². The van der Waals surface area contributed by atoms with Gasteiger partial charge in [-0.2, -0.15) is 5.26 Å². The molecule has 0 spiro atoms. The standard InChI is InChI=1S/C18H22N6/c1-18(2,3)15-11-16(22-13-21-15)23-7-9-24(10-8-23)17-14(12-19)5-4-6-20-17/h4-6,11,13H,7-10H2,1-3H3. The Morgan fingerprint density at radius 1 is 1.04 bits per heavy atom. The molecule has 2 aromatic heterocycles. The maximum Gasteiger partial charge on any atom is 0.146 e. The molecule has 1 saturated heterocycles. The summed E-state index contributed by atoms with van der Waals surface area (Å²) in [7, 11) is 0. The minimum Gasteiger partial charge on any atom is -0.353 e. The van der Waals surface area contributed by atoms with Crippen LogP contribution in [0.15, 0.2) is 30.7 Å². The van der Waals surface area contributed by atoms with E-state index in [9.17, 15) is 5.26 Å². The molecule has 6 nitrogen and oxygen atoms in total. The van der Waals surface area contributed by atoms with Gasteiger partial charge in [0.2, 0.25) is 0 Å². The van der Waals surface area contributed by atoms with E-state index in [0.717, 1.165) is 43.5 Å². The Kier molecular flexibility index (Phi) is 4.34. The van der Waals surface area contributed by atoms with Crippen LogP contribution in [-0.4, -0.2) is 41.1 Å². The van der Waals surface area contributed by atoms with Gasteiger partial charge in [0.15, 0.2) is 0 Å². The normalized spacial score (nSPS) is 15.2. The number of aromatic nitrogens is 3. The first-order valence-electron chi connectivity index (χ1n) is 8.16. The third-order valence-electron chi connectivity index (χ3n) is 4.23. The first kappa shape index (κ1) is 16.2. The summed E-state index contributed by atoms with van der Waals surface area (Å²) in [5, 5.41) is 9.24. The van der Waals surface area contributed by atoms with Gasteiger partial charge in [0.05, 0.1) is 11.3 Å². The number of piperazine rings is 1. The summed E-state index contributed by atoms with van der Waals surface area (Å²) >= 11 is 0. The van der Waals surface area contributed by atoms with Crippen molar-refractivity contribution in [3.63, 3.8) is 0 Å². The van der Waals surface area contributed by atoms with E-state index in [1.165, 1.54) is 0 Å². The minimum atomic E-state index is 0.00909. The van der Waals surface area contributed by atoms with E-state index >= 15 is 0 Å². The molecule has 0 amide bonds. The highest BCUT2D eigenvalue weighted by Crippen LogP contribution is 2.24. The highest BCUT2D eigenvalue weighted by Gasteiger charge is 2.23. The monoisotopic (exact) mass is 322 g/mol. The molecule has 124 valence electrons. The molecule has 6 heteroatoms. The Labute approximate surface area is 142 Å². The van der Waals surface area contributed by atoms with Gasteiger partial charge in [0.1, 0.15) is 24.0 Å². The zero-order valence-electron chi connectivity index (χ0n) is 14.4. The molecule has 1 aliphatic rings. The molecule has 1 fully saturated rings. The Balaban J connectivity index is 1.73. The molecule has 0 N–H and O–H groups in total. The highest BCUT2D eigenvalue weighted by molar-refractivity contribution is 5.55. The van der Waals surface area contributed by atoms with Crippen molar-refractivity contribution in [1.29, 1.82) is 5.26 Å². The number of hydrogen-bond donors (Lipinski definition) is 0. The molecule has 0 aliphatic carbocycles. The second kappa shape index (κ2) is 6.44. The molecular weight excluding hydrogens is 300 g/mol. The van der Waals surface area contributed by atoms with Crippen molar-refractivity contribution in [2.75, 3.05) is 36.0 Å². The molecule has 1 aliphatic heterocycles. The summed E-state index contributed by atoms with van der Waals surface area (Å²) in [5.74, 6) is 1.74. The van der Waals surface area contributed by atoms with Crippen LogP contribution >= 0.6 is 0 Å². The maximum absolute atomic E-state index is 9.24. The summed E-state index contributed by atoms with van der Waals surface area (Å²) < 4.78 is 0. The summed E-state index contributed by atoms with van der Waals surface area (Å²) in [6.45, 7) is 9.80. The van der Waals surface area contributed by atoms with Gasteiger partial charge in [-0.05, 0) is 12.1 Å². The van der Waals surface area contributed by atoms with Crippen molar-refractivity contribution in [2.45, 2.75) is 26.2 Å². The lowest BCUT2D eigenvalue weighted by atomic mass is 9.92. The summed E-state index contributed by atoms with van der Waals surface area (Å²) in [4.78, 5) is 17.6. The fraction of sp³-hybridized carbons (Fsp3) is 0.444. The smallest absolute Gasteiger partial charge is 0.146 e. The van der Waals surface area contributed by atoms with Crippen LogP contribution in [0.5, 0.6) is 0 Å². The van der Waals surface area contributed by atoms with Crippen molar-refractivity contribution in [3.8, 4) is 6.07 Å². The Hall–Kier alpha value is -2.68. The molecule has 2 aromatic rings. The van der Waals surface area contributed by atoms with Gasteiger partial charge < -0.3 is 9.80 Å². The molecule has 0 bridgehead atoms. The average Bonchev–Trinajstić information content (AvgIpc) is 2.61. The third-order valence-corrected chi connectivity index (χ3v) is 4.23. The van der Waals surface area contributed by atoms with Gasteiger partial charge in [-0.25, -0.2) is 15.0 Å². The Bertz CT molecular complexity index is 751. The lowest BCUT2D eigenvalue weighted by Crippen LogP contribution is -2.47. The van der Waals surface area contributed by atoms with Crippen molar-refractivity contribution in [2.24, 2.45) is 0 Å². The average molecular weight is 322 g/mol. The quantitative estimate of drug-likeness (QED) is 0.845. The first-order chi connectivity index (χ1) is 11.5. The maximum atomic E-state index is 9.24. The fourth-order valence-electron chi connectivity index (χ4n) is 2.81. The molecule has 3 heterocycles. The Morgan fingerprint density at radius 2 is 1.75 bits per heavy atom. The Morgan fingerprint density at radius 3 is 2.42 bits per heavy atom. The molecule has 0 atom stereocenters. The summed E-state index contributed by atoms with van der Waals surface area (Å²) in [6, 6.07) is 7.92. The van der Waals surface area contributed by atoms with Crippen LogP contribution in [-0.2, 0) is 5.41 Å². The second-order valence-electron chi connectivity index (χ2n) is 6.97. The molecule has 0 radical (unpaired) electrons. The van der Waals surface area contributed by atoms with E-state index < -0.39 is 0 Å². The van der Waals surface area contributed by atoms with Crippen molar-refractivity contribution in [1.82, 2.24) is 15.0 Å². The predicted molar refractivity (Wildman–Crippen MR) is 94.1 cm³/mol. The summed E-state index contributed by atoms with van der Waals surface area (Å²) in [5.41, 5.74) is 1.68. The number of anilines is 2. The predicted octanol–water partition coefficient (Wildman–Crippen LogP) is 2.37.